The molecule has 0 aliphatic carbocycles. The average molecular weight is 215 g/mol. The summed E-state index contributed by atoms with van der Waals surface area (Å²) in [6.07, 6.45) is 0.113. The molecule has 0 saturated heterocycles. The summed E-state index contributed by atoms with van der Waals surface area (Å²) in [4.78, 5) is 10.3. The summed E-state index contributed by atoms with van der Waals surface area (Å²) >= 11 is 0. The smallest absolute Gasteiger partial charge is 0.293 e. The van der Waals surface area contributed by atoms with E-state index in [2.05, 4.69) is 17.2 Å². The lowest BCUT2D eigenvalue weighted by molar-refractivity contribution is -0.384. The number of benzene rings is 1. The fourth-order valence-electron chi connectivity index (χ4n) is 1.16. The minimum absolute atomic E-state index is 0.0220. The molecule has 0 aliphatic rings. The summed E-state index contributed by atoms with van der Waals surface area (Å²) in [5, 5.41) is 21.8. The Labute approximate surface area is 92.9 Å². The normalized spacial score (nSPS) is 8.50. The third-order valence-electron chi connectivity index (χ3n) is 1.86. The van der Waals surface area contributed by atoms with Crippen molar-refractivity contribution in [2.24, 2.45) is 0 Å². The van der Waals surface area contributed by atoms with Crippen LogP contribution in [0, 0.1) is 33.3 Å². The molecular weight excluding hydrogens is 206 g/mol. The van der Waals surface area contributed by atoms with Crippen molar-refractivity contribution in [3.05, 3.63) is 33.9 Å². The van der Waals surface area contributed by atoms with Gasteiger partial charge in [0.2, 0.25) is 0 Å². The third kappa shape index (κ3) is 2.73. The molecule has 5 heteroatoms. The zero-order chi connectivity index (χ0) is 12.0. The molecule has 1 aromatic rings. The summed E-state index contributed by atoms with van der Waals surface area (Å²) in [6, 6.07) is 6.52. The maximum absolute atomic E-state index is 10.7. The molecule has 1 rings (SSSR count). The van der Waals surface area contributed by atoms with Crippen LogP contribution in [0.1, 0.15) is 12.0 Å². The van der Waals surface area contributed by atoms with Gasteiger partial charge in [-0.15, -0.1) is 0 Å². The highest BCUT2D eigenvalue weighted by molar-refractivity contribution is 5.64. The number of nitriles is 1. The van der Waals surface area contributed by atoms with Gasteiger partial charge >= 0.3 is 0 Å². The Hall–Kier alpha value is -2.53. The van der Waals surface area contributed by atoms with Gasteiger partial charge in [0.05, 0.1) is 17.4 Å². The standard InChI is InChI=1S/C11H9N3O2/c1-13-10-6-5-9(4-2-3-7-12)8-11(10)14(15)16/h5-6,8,13H,3H2,1H3. The molecular formula is C11H9N3O2. The van der Waals surface area contributed by atoms with Crippen LogP contribution in [0.5, 0.6) is 0 Å². The summed E-state index contributed by atoms with van der Waals surface area (Å²) in [5.74, 6) is 5.29. The molecule has 0 spiro atoms. The Morgan fingerprint density at radius 2 is 2.31 bits per heavy atom. The van der Waals surface area contributed by atoms with Crippen LogP contribution in [0.3, 0.4) is 0 Å². The van der Waals surface area contributed by atoms with Crippen LogP contribution in [-0.4, -0.2) is 12.0 Å². The van der Waals surface area contributed by atoms with Crippen LogP contribution >= 0.6 is 0 Å². The maximum Gasteiger partial charge on any atom is 0.293 e. The van der Waals surface area contributed by atoms with Gasteiger partial charge in [0, 0.05) is 18.7 Å². The lowest BCUT2D eigenvalue weighted by Crippen LogP contribution is -1.96. The Balaban J connectivity index is 3.10. The minimum Gasteiger partial charge on any atom is -0.383 e. The van der Waals surface area contributed by atoms with Gasteiger partial charge in [0.25, 0.3) is 5.69 Å². The zero-order valence-corrected chi connectivity index (χ0v) is 8.65. The largest absolute Gasteiger partial charge is 0.383 e. The first kappa shape index (κ1) is 11.5. The van der Waals surface area contributed by atoms with E-state index in [-0.39, 0.29) is 12.1 Å². The number of rotatable bonds is 2. The molecule has 0 aromatic heterocycles. The number of nitrogens with zero attached hydrogens (tertiary/aromatic N) is 2. The van der Waals surface area contributed by atoms with Crippen LogP contribution < -0.4 is 5.32 Å². The highest BCUT2D eigenvalue weighted by atomic mass is 16.6. The summed E-state index contributed by atoms with van der Waals surface area (Å²) in [7, 11) is 1.61. The summed E-state index contributed by atoms with van der Waals surface area (Å²) < 4.78 is 0. The molecule has 16 heavy (non-hydrogen) atoms. The van der Waals surface area contributed by atoms with Gasteiger partial charge in [-0.3, -0.25) is 10.1 Å². The SMILES string of the molecule is CNc1ccc(C#CCC#N)cc1[N+](=O)[O-]. The molecule has 0 fully saturated rings. The molecule has 1 N–H and O–H groups in total. The van der Waals surface area contributed by atoms with Crippen molar-refractivity contribution in [2.45, 2.75) is 6.42 Å². The number of nitrogens with one attached hydrogen (secondary N) is 1. The van der Waals surface area contributed by atoms with Gasteiger partial charge in [-0.25, -0.2) is 0 Å². The van der Waals surface area contributed by atoms with Crippen molar-refractivity contribution < 1.29 is 4.92 Å². The van der Waals surface area contributed by atoms with Gasteiger partial charge in [0.1, 0.15) is 5.69 Å². The molecule has 5 nitrogen and oxygen atoms in total. The quantitative estimate of drug-likeness (QED) is 0.464. The van der Waals surface area contributed by atoms with E-state index in [0.29, 0.717) is 11.3 Å². The Morgan fingerprint density at radius 1 is 1.56 bits per heavy atom. The Kier molecular flexibility index (Phi) is 3.88. The monoisotopic (exact) mass is 215 g/mol. The lowest BCUT2D eigenvalue weighted by Gasteiger charge is -2.01. The van der Waals surface area contributed by atoms with Crippen LogP contribution in [-0.2, 0) is 0 Å². The first-order chi connectivity index (χ1) is 7.69. The maximum atomic E-state index is 10.7. The van der Waals surface area contributed by atoms with E-state index in [0.717, 1.165) is 0 Å². The molecule has 0 bridgehead atoms. The number of anilines is 1. The van der Waals surface area contributed by atoms with E-state index in [4.69, 9.17) is 5.26 Å². The molecule has 0 aliphatic heterocycles. The first-order valence-electron chi connectivity index (χ1n) is 4.51. The molecule has 0 unspecified atom stereocenters. The first-order valence-corrected chi connectivity index (χ1v) is 4.51. The van der Waals surface area contributed by atoms with E-state index >= 15 is 0 Å². The second kappa shape index (κ2) is 5.38. The predicted octanol–water partition coefficient (Wildman–Crippen LogP) is 1.90. The number of hydrogen-bond donors (Lipinski definition) is 1. The third-order valence-corrected chi connectivity index (χ3v) is 1.86. The van der Waals surface area contributed by atoms with Crippen molar-refractivity contribution in [1.29, 1.82) is 5.26 Å². The van der Waals surface area contributed by atoms with Crippen LogP contribution in [0.25, 0.3) is 0 Å². The number of nitro benzene ring substituents is 1. The van der Waals surface area contributed by atoms with Crippen LogP contribution in [0.2, 0.25) is 0 Å². The average Bonchev–Trinajstić information content (AvgIpc) is 2.29. The molecule has 0 heterocycles. The molecule has 80 valence electrons. The molecule has 1 aromatic carbocycles. The van der Waals surface area contributed by atoms with Gasteiger partial charge in [-0.1, -0.05) is 11.8 Å². The van der Waals surface area contributed by atoms with Crippen molar-refractivity contribution >= 4 is 11.4 Å². The van der Waals surface area contributed by atoms with E-state index in [1.54, 1.807) is 19.2 Å². The van der Waals surface area contributed by atoms with E-state index in [9.17, 15) is 10.1 Å². The zero-order valence-electron chi connectivity index (χ0n) is 8.65. The van der Waals surface area contributed by atoms with Crippen molar-refractivity contribution in [2.75, 3.05) is 12.4 Å². The number of hydrogen-bond acceptors (Lipinski definition) is 4. The topological polar surface area (TPSA) is 79.0 Å². The van der Waals surface area contributed by atoms with Crippen LogP contribution in [0.15, 0.2) is 18.2 Å². The molecule has 0 saturated carbocycles. The summed E-state index contributed by atoms with van der Waals surface area (Å²) in [6.45, 7) is 0. The van der Waals surface area contributed by atoms with Crippen molar-refractivity contribution in [3.8, 4) is 17.9 Å². The predicted molar refractivity (Wildman–Crippen MR) is 59.8 cm³/mol. The van der Waals surface area contributed by atoms with E-state index in [1.807, 2.05) is 6.07 Å². The second-order valence-electron chi connectivity index (χ2n) is 2.88. The van der Waals surface area contributed by atoms with Crippen molar-refractivity contribution in [1.82, 2.24) is 0 Å². The molecule has 0 radical (unpaired) electrons. The lowest BCUT2D eigenvalue weighted by atomic mass is 10.1. The van der Waals surface area contributed by atoms with Gasteiger partial charge in [-0.05, 0) is 12.1 Å². The van der Waals surface area contributed by atoms with Gasteiger partial charge < -0.3 is 5.32 Å². The number of nitro groups is 1. The fraction of sp³-hybridized carbons (Fsp3) is 0.182. The van der Waals surface area contributed by atoms with Crippen molar-refractivity contribution in [3.63, 3.8) is 0 Å². The van der Waals surface area contributed by atoms with E-state index in [1.165, 1.54) is 6.07 Å². The van der Waals surface area contributed by atoms with Gasteiger partial charge in [-0.2, -0.15) is 5.26 Å². The highest BCUT2D eigenvalue weighted by Gasteiger charge is 2.12. The van der Waals surface area contributed by atoms with Crippen LogP contribution in [0.4, 0.5) is 11.4 Å². The molecule has 0 amide bonds. The highest BCUT2D eigenvalue weighted by Crippen LogP contribution is 2.24. The minimum atomic E-state index is -0.471. The Morgan fingerprint density at radius 3 is 2.88 bits per heavy atom. The van der Waals surface area contributed by atoms with Gasteiger partial charge in [0.15, 0.2) is 0 Å². The second-order valence-corrected chi connectivity index (χ2v) is 2.88. The summed E-state index contributed by atoms with van der Waals surface area (Å²) in [5.41, 5.74) is 0.947. The molecule has 0 atom stereocenters. The van der Waals surface area contributed by atoms with E-state index < -0.39 is 4.92 Å². The fourth-order valence-corrected chi connectivity index (χ4v) is 1.16. The Bertz CT molecular complexity index is 506.